The van der Waals surface area contributed by atoms with E-state index in [9.17, 15) is 5.11 Å². The molecule has 2 rings (SSSR count). The normalized spacial score (nSPS) is 32.4. The second kappa shape index (κ2) is 3.89. The molecule has 2 unspecified atom stereocenters. The molecule has 0 bridgehead atoms. The lowest BCUT2D eigenvalue weighted by Crippen LogP contribution is -2.31. The molecule has 0 saturated heterocycles. The predicted octanol–water partition coefficient (Wildman–Crippen LogP) is 2.57. The first-order valence-corrected chi connectivity index (χ1v) is 6.78. The zero-order valence-electron chi connectivity index (χ0n) is 7.87. The van der Waals surface area contributed by atoms with Crippen molar-refractivity contribution in [3.8, 4) is 0 Å². The SMILES string of the molecule is CC1(O)CCCC1n1cnc(I)c1I. The van der Waals surface area contributed by atoms with Crippen LogP contribution in [0.2, 0.25) is 0 Å². The largest absolute Gasteiger partial charge is 0.388 e. The second-order valence-electron chi connectivity index (χ2n) is 4.00. The van der Waals surface area contributed by atoms with Crippen LogP contribution in [0.15, 0.2) is 6.33 Å². The van der Waals surface area contributed by atoms with Crippen LogP contribution in [-0.4, -0.2) is 20.3 Å². The maximum absolute atomic E-state index is 10.2. The Bertz CT molecular complexity index is 349. The fourth-order valence-electron chi connectivity index (χ4n) is 2.11. The van der Waals surface area contributed by atoms with Gasteiger partial charge in [0.15, 0.2) is 0 Å². The van der Waals surface area contributed by atoms with Crippen molar-refractivity contribution < 1.29 is 5.11 Å². The number of hydrogen-bond donors (Lipinski definition) is 1. The number of hydrogen-bond acceptors (Lipinski definition) is 2. The van der Waals surface area contributed by atoms with Gasteiger partial charge in [0.25, 0.3) is 0 Å². The van der Waals surface area contributed by atoms with Gasteiger partial charge < -0.3 is 9.67 Å². The highest BCUT2D eigenvalue weighted by Gasteiger charge is 2.38. The fourth-order valence-corrected chi connectivity index (χ4v) is 3.11. The van der Waals surface area contributed by atoms with E-state index in [0.717, 1.165) is 26.7 Å². The van der Waals surface area contributed by atoms with Gasteiger partial charge >= 0.3 is 0 Å². The Balaban J connectivity index is 2.36. The first kappa shape index (κ1) is 11.1. The minimum Gasteiger partial charge on any atom is -0.388 e. The summed E-state index contributed by atoms with van der Waals surface area (Å²) in [6, 6.07) is 0.199. The van der Waals surface area contributed by atoms with Crippen molar-refractivity contribution in [3.63, 3.8) is 0 Å². The number of imidazole rings is 1. The third-order valence-electron chi connectivity index (χ3n) is 2.91. The number of nitrogens with zero attached hydrogens (tertiary/aromatic N) is 2. The quantitative estimate of drug-likeness (QED) is 0.713. The average Bonchev–Trinajstić information content (AvgIpc) is 2.59. The molecule has 1 aliphatic rings. The molecule has 0 spiro atoms. The van der Waals surface area contributed by atoms with Gasteiger partial charge in [-0.2, -0.15) is 0 Å². The van der Waals surface area contributed by atoms with Gasteiger partial charge in [-0.25, -0.2) is 4.98 Å². The number of aromatic nitrogens is 2. The van der Waals surface area contributed by atoms with Gasteiger partial charge in [0.2, 0.25) is 0 Å². The van der Waals surface area contributed by atoms with Crippen LogP contribution in [0.4, 0.5) is 0 Å². The standard InChI is InChI=1S/C9H12I2N2O/c1-9(14)4-2-3-6(9)13-5-12-7(10)8(13)11/h5-6,14H,2-4H2,1H3. The Morgan fingerprint density at radius 3 is 2.79 bits per heavy atom. The summed E-state index contributed by atoms with van der Waals surface area (Å²) in [7, 11) is 0. The summed E-state index contributed by atoms with van der Waals surface area (Å²) < 4.78 is 4.26. The van der Waals surface area contributed by atoms with Crippen molar-refractivity contribution in [3.05, 3.63) is 13.7 Å². The van der Waals surface area contributed by atoms with Gasteiger partial charge in [-0.1, -0.05) is 0 Å². The van der Waals surface area contributed by atoms with E-state index < -0.39 is 5.60 Å². The molecule has 5 heteroatoms. The molecule has 1 aromatic heterocycles. The highest BCUT2D eigenvalue weighted by atomic mass is 127. The first-order valence-electron chi connectivity index (χ1n) is 4.62. The lowest BCUT2D eigenvalue weighted by molar-refractivity contribution is 0.0256. The summed E-state index contributed by atoms with van der Waals surface area (Å²) >= 11 is 4.51. The topological polar surface area (TPSA) is 38.0 Å². The molecule has 14 heavy (non-hydrogen) atoms. The van der Waals surface area contributed by atoms with Crippen LogP contribution in [0.3, 0.4) is 0 Å². The smallest absolute Gasteiger partial charge is 0.132 e. The number of aliphatic hydroxyl groups is 1. The zero-order chi connectivity index (χ0) is 10.3. The zero-order valence-corrected chi connectivity index (χ0v) is 12.2. The van der Waals surface area contributed by atoms with E-state index in [4.69, 9.17) is 0 Å². The fraction of sp³-hybridized carbons (Fsp3) is 0.667. The molecule has 1 heterocycles. The van der Waals surface area contributed by atoms with Crippen LogP contribution in [0.5, 0.6) is 0 Å². The molecule has 0 aliphatic heterocycles. The molecule has 1 aromatic rings. The molecule has 0 amide bonds. The Kier molecular flexibility index (Phi) is 3.09. The monoisotopic (exact) mass is 418 g/mol. The van der Waals surface area contributed by atoms with Crippen molar-refractivity contribution in [1.29, 1.82) is 0 Å². The lowest BCUT2D eigenvalue weighted by Gasteiger charge is -2.27. The highest BCUT2D eigenvalue weighted by molar-refractivity contribution is 14.1. The van der Waals surface area contributed by atoms with E-state index >= 15 is 0 Å². The minimum absolute atomic E-state index is 0.199. The van der Waals surface area contributed by atoms with Gasteiger partial charge in [0, 0.05) is 0 Å². The molecule has 2 atom stereocenters. The van der Waals surface area contributed by atoms with Crippen LogP contribution in [0, 0.1) is 7.40 Å². The summed E-state index contributed by atoms with van der Waals surface area (Å²) in [6.07, 6.45) is 4.88. The molecule has 1 saturated carbocycles. The lowest BCUT2D eigenvalue weighted by atomic mass is 10.0. The van der Waals surface area contributed by atoms with Crippen molar-refractivity contribution in [1.82, 2.24) is 9.55 Å². The highest BCUT2D eigenvalue weighted by Crippen LogP contribution is 2.40. The summed E-state index contributed by atoms with van der Waals surface area (Å²) in [5.74, 6) is 0. The van der Waals surface area contributed by atoms with Crippen LogP contribution in [0.1, 0.15) is 32.2 Å². The Morgan fingerprint density at radius 1 is 1.64 bits per heavy atom. The van der Waals surface area contributed by atoms with Gasteiger partial charge in [0.05, 0.1) is 18.0 Å². The van der Waals surface area contributed by atoms with Gasteiger partial charge in [-0.15, -0.1) is 0 Å². The van der Waals surface area contributed by atoms with E-state index in [1.165, 1.54) is 0 Å². The van der Waals surface area contributed by atoms with Crippen LogP contribution in [-0.2, 0) is 0 Å². The van der Waals surface area contributed by atoms with Crippen molar-refractivity contribution >= 4 is 45.2 Å². The third kappa shape index (κ3) is 1.82. The summed E-state index contributed by atoms with van der Waals surface area (Å²) in [5, 5.41) is 10.2. The van der Waals surface area contributed by atoms with E-state index in [-0.39, 0.29) is 6.04 Å². The molecular weight excluding hydrogens is 406 g/mol. The predicted molar refractivity (Wildman–Crippen MR) is 71.2 cm³/mol. The van der Waals surface area contributed by atoms with Gasteiger partial charge in [-0.3, -0.25) is 0 Å². The summed E-state index contributed by atoms with van der Waals surface area (Å²) in [6.45, 7) is 1.92. The number of rotatable bonds is 1. The molecular formula is C9H12I2N2O. The van der Waals surface area contributed by atoms with Crippen molar-refractivity contribution in [2.24, 2.45) is 0 Å². The maximum Gasteiger partial charge on any atom is 0.132 e. The van der Waals surface area contributed by atoms with E-state index in [0.29, 0.717) is 0 Å². The summed E-state index contributed by atoms with van der Waals surface area (Å²) in [4.78, 5) is 4.26. The van der Waals surface area contributed by atoms with Gasteiger partial charge in [0.1, 0.15) is 7.40 Å². The molecule has 0 radical (unpaired) electrons. The van der Waals surface area contributed by atoms with Crippen LogP contribution in [0.25, 0.3) is 0 Å². The maximum atomic E-state index is 10.2. The van der Waals surface area contributed by atoms with Crippen LogP contribution < -0.4 is 0 Å². The molecule has 1 aliphatic carbocycles. The summed E-state index contributed by atoms with van der Waals surface area (Å²) in [5.41, 5.74) is -0.566. The van der Waals surface area contributed by atoms with Gasteiger partial charge in [-0.05, 0) is 71.4 Å². The van der Waals surface area contributed by atoms with Crippen molar-refractivity contribution in [2.45, 2.75) is 37.8 Å². The Hall–Kier alpha value is 0.630. The molecule has 1 fully saturated rings. The average molecular weight is 418 g/mol. The Morgan fingerprint density at radius 2 is 2.36 bits per heavy atom. The molecule has 0 aromatic carbocycles. The van der Waals surface area contributed by atoms with Crippen molar-refractivity contribution in [2.75, 3.05) is 0 Å². The second-order valence-corrected chi connectivity index (χ2v) is 6.04. The number of halogens is 2. The van der Waals surface area contributed by atoms with E-state index in [1.54, 1.807) is 0 Å². The minimum atomic E-state index is -0.566. The first-order chi connectivity index (χ1) is 6.52. The van der Waals surface area contributed by atoms with E-state index in [2.05, 4.69) is 54.7 Å². The third-order valence-corrected chi connectivity index (χ3v) is 5.80. The van der Waals surface area contributed by atoms with E-state index in [1.807, 2.05) is 13.3 Å². The van der Waals surface area contributed by atoms with Crippen LogP contribution >= 0.6 is 45.2 Å². The molecule has 78 valence electrons. The molecule has 3 nitrogen and oxygen atoms in total. The molecule has 1 N–H and O–H groups in total. The Labute approximate surface area is 111 Å².